The van der Waals surface area contributed by atoms with Crippen LogP contribution < -0.4 is 14.8 Å². The van der Waals surface area contributed by atoms with E-state index in [0.29, 0.717) is 0 Å². The van der Waals surface area contributed by atoms with Crippen LogP contribution in [0.2, 0.25) is 0 Å². The molecule has 0 atom stereocenters. The van der Waals surface area contributed by atoms with Crippen molar-refractivity contribution in [2.24, 2.45) is 0 Å². The molecule has 1 rings (SSSR count). The average Bonchev–Trinajstić information content (AvgIpc) is 2.50. The van der Waals surface area contributed by atoms with Crippen LogP contribution in [0.5, 0.6) is 11.5 Å². The lowest BCUT2D eigenvalue weighted by Gasteiger charge is -2.25. The topological polar surface area (TPSA) is 128 Å². The van der Waals surface area contributed by atoms with Gasteiger partial charge in [0.2, 0.25) is 5.75 Å². The molecule has 0 heterocycles. The summed E-state index contributed by atoms with van der Waals surface area (Å²) >= 11 is 0. The molecule has 0 radical (unpaired) electrons. The second-order valence-corrected chi connectivity index (χ2v) is 5.71. The molecule has 24 heavy (non-hydrogen) atoms. The zero-order valence-corrected chi connectivity index (χ0v) is 13.7. The van der Waals surface area contributed by atoms with Crippen molar-refractivity contribution in [3.63, 3.8) is 0 Å². The van der Waals surface area contributed by atoms with Crippen LogP contribution in [0.3, 0.4) is 0 Å². The smallest absolute Gasteiger partial charge is 0.311 e. The second kappa shape index (κ2) is 8.14. The molecule has 0 spiro atoms. The van der Waals surface area contributed by atoms with Gasteiger partial charge in [0, 0.05) is 24.1 Å². The normalized spacial score (nSPS) is 10.8. The first kappa shape index (κ1) is 19.2. The Morgan fingerprint density at radius 2 is 2.04 bits per heavy atom. The summed E-state index contributed by atoms with van der Waals surface area (Å²) in [4.78, 5) is 32.7. The van der Waals surface area contributed by atoms with Crippen molar-refractivity contribution in [2.45, 2.75) is 32.2 Å². The molecule has 1 aromatic rings. The molecular weight excluding hydrogens is 320 g/mol. The van der Waals surface area contributed by atoms with Gasteiger partial charge in [0.15, 0.2) is 6.61 Å². The van der Waals surface area contributed by atoms with Gasteiger partial charge >= 0.3 is 11.7 Å². The van der Waals surface area contributed by atoms with Gasteiger partial charge in [-0.3, -0.25) is 19.7 Å². The van der Waals surface area contributed by atoms with Crippen LogP contribution in [0.1, 0.15) is 26.7 Å². The quantitative estimate of drug-likeness (QED) is 0.517. The summed E-state index contributed by atoms with van der Waals surface area (Å²) in [7, 11) is 1.30. The minimum atomic E-state index is -0.938. The third-order valence-corrected chi connectivity index (χ3v) is 3.16. The molecule has 9 heteroatoms. The fourth-order valence-corrected chi connectivity index (χ4v) is 1.94. The van der Waals surface area contributed by atoms with E-state index >= 15 is 0 Å². The number of carboxylic acids is 1. The molecule has 1 aromatic carbocycles. The fraction of sp³-hybridized carbons (Fsp3) is 0.467. The molecule has 0 fully saturated rings. The number of hydrogen-bond acceptors (Lipinski definition) is 6. The number of nitrogens with one attached hydrogen (secondary N) is 1. The van der Waals surface area contributed by atoms with E-state index in [9.17, 15) is 19.7 Å². The zero-order valence-electron chi connectivity index (χ0n) is 13.7. The highest BCUT2D eigenvalue weighted by molar-refractivity contribution is 5.78. The number of carbonyl (C=O) groups excluding carboxylic acids is 1. The summed E-state index contributed by atoms with van der Waals surface area (Å²) in [5.74, 6) is -1.09. The lowest BCUT2D eigenvalue weighted by Crippen LogP contribution is -2.45. The first-order chi connectivity index (χ1) is 11.1. The molecule has 0 saturated carbocycles. The van der Waals surface area contributed by atoms with Crippen molar-refractivity contribution >= 4 is 17.6 Å². The van der Waals surface area contributed by atoms with Crippen molar-refractivity contribution in [3.05, 3.63) is 28.3 Å². The predicted octanol–water partition coefficient (Wildman–Crippen LogP) is 1.74. The SMILES string of the molecule is COc1cc(OCC(=O)NC(C)(C)CCC(=O)O)ccc1[N+](=O)[O-]. The van der Waals surface area contributed by atoms with Crippen molar-refractivity contribution in [2.75, 3.05) is 13.7 Å². The summed E-state index contributed by atoms with van der Waals surface area (Å²) in [5, 5.41) is 22.2. The molecule has 0 aliphatic rings. The number of aliphatic carboxylic acids is 1. The van der Waals surface area contributed by atoms with Gasteiger partial charge in [0.05, 0.1) is 12.0 Å². The minimum absolute atomic E-state index is 0.0275. The molecule has 0 unspecified atom stereocenters. The van der Waals surface area contributed by atoms with E-state index < -0.39 is 22.3 Å². The van der Waals surface area contributed by atoms with E-state index in [-0.39, 0.29) is 36.6 Å². The fourth-order valence-electron chi connectivity index (χ4n) is 1.94. The summed E-state index contributed by atoms with van der Waals surface area (Å²) < 4.78 is 10.2. The Morgan fingerprint density at radius 3 is 2.58 bits per heavy atom. The largest absolute Gasteiger partial charge is 0.490 e. The summed E-state index contributed by atoms with van der Waals surface area (Å²) in [5.41, 5.74) is -0.893. The number of hydrogen-bond donors (Lipinski definition) is 2. The Hall–Kier alpha value is -2.84. The Kier molecular flexibility index (Phi) is 6.51. The zero-order chi connectivity index (χ0) is 18.3. The van der Waals surface area contributed by atoms with E-state index in [1.54, 1.807) is 13.8 Å². The molecule has 9 nitrogen and oxygen atoms in total. The van der Waals surface area contributed by atoms with Gasteiger partial charge in [-0.2, -0.15) is 0 Å². The number of nitro groups is 1. The number of nitro benzene ring substituents is 1. The predicted molar refractivity (Wildman–Crippen MR) is 84.2 cm³/mol. The van der Waals surface area contributed by atoms with Crippen molar-refractivity contribution in [1.82, 2.24) is 5.32 Å². The Labute approximate surface area is 138 Å². The number of benzene rings is 1. The van der Waals surface area contributed by atoms with Crippen molar-refractivity contribution in [3.8, 4) is 11.5 Å². The lowest BCUT2D eigenvalue weighted by atomic mass is 9.98. The Bertz CT molecular complexity index is 628. The molecule has 0 saturated heterocycles. The molecule has 0 aromatic heterocycles. The summed E-state index contributed by atoms with van der Waals surface area (Å²) in [6.07, 6.45) is 0.215. The van der Waals surface area contributed by atoms with E-state index in [2.05, 4.69) is 5.32 Å². The maximum Gasteiger partial charge on any atom is 0.311 e. The molecule has 0 aliphatic carbocycles. The molecule has 0 bridgehead atoms. The van der Waals surface area contributed by atoms with Gasteiger partial charge in [0.25, 0.3) is 5.91 Å². The number of methoxy groups -OCH3 is 1. The van der Waals surface area contributed by atoms with Gasteiger partial charge in [-0.05, 0) is 26.3 Å². The van der Waals surface area contributed by atoms with E-state index in [4.69, 9.17) is 14.6 Å². The first-order valence-electron chi connectivity index (χ1n) is 7.12. The Balaban J connectivity index is 2.61. The van der Waals surface area contributed by atoms with E-state index in [1.807, 2.05) is 0 Å². The highest BCUT2D eigenvalue weighted by Gasteiger charge is 2.22. The maximum absolute atomic E-state index is 11.9. The van der Waals surface area contributed by atoms with Crippen LogP contribution in [-0.4, -0.2) is 41.2 Å². The highest BCUT2D eigenvalue weighted by atomic mass is 16.6. The molecule has 1 amide bonds. The van der Waals surface area contributed by atoms with Gasteiger partial charge in [-0.15, -0.1) is 0 Å². The number of amides is 1. The monoisotopic (exact) mass is 340 g/mol. The van der Waals surface area contributed by atoms with Crippen LogP contribution in [0.15, 0.2) is 18.2 Å². The minimum Gasteiger partial charge on any atom is -0.490 e. The molecule has 132 valence electrons. The molecule has 2 N–H and O–H groups in total. The van der Waals surface area contributed by atoms with Crippen LogP contribution in [0.25, 0.3) is 0 Å². The standard InChI is InChI=1S/C15H20N2O7/c1-15(2,7-6-14(19)20)16-13(18)9-24-10-4-5-11(17(21)22)12(8-10)23-3/h4-5,8H,6-7,9H2,1-3H3,(H,16,18)(H,19,20). The summed E-state index contributed by atoms with van der Waals surface area (Å²) in [6, 6.07) is 3.91. The van der Waals surface area contributed by atoms with Crippen LogP contribution in [0.4, 0.5) is 5.69 Å². The molecule has 0 aliphatic heterocycles. The lowest BCUT2D eigenvalue weighted by molar-refractivity contribution is -0.385. The van der Waals surface area contributed by atoms with Gasteiger partial charge in [0.1, 0.15) is 5.75 Å². The first-order valence-corrected chi connectivity index (χ1v) is 7.12. The number of nitrogens with zero attached hydrogens (tertiary/aromatic N) is 1. The summed E-state index contributed by atoms with van der Waals surface area (Å²) in [6.45, 7) is 3.11. The van der Waals surface area contributed by atoms with Crippen molar-refractivity contribution < 1.29 is 29.1 Å². The number of rotatable bonds is 9. The van der Waals surface area contributed by atoms with Crippen LogP contribution >= 0.6 is 0 Å². The third kappa shape index (κ3) is 6.11. The number of carboxylic acid groups (broad SMARTS) is 1. The van der Waals surface area contributed by atoms with Crippen molar-refractivity contribution in [1.29, 1.82) is 0 Å². The van der Waals surface area contributed by atoms with Crippen LogP contribution in [-0.2, 0) is 9.59 Å². The maximum atomic E-state index is 11.9. The van der Waals surface area contributed by atoms with Gasteiger partial charge in [-0.1, -0.05) is 0 Å². The highest BCUT2D eigenvalue weighted by Crippen LogP contribution is 2.30. The van der Waals surface area contributed by atoms with Gasteiger partial charge in [-0.25, -0.2) is 0 Å². The van der Waals surface area contributed by atoms with E-state index in [0.717, 1.165) is 0 Å². The molecular formula is C15H20N2O7. The Morgan fingerprint density at radius 1 is 1.38 bits per heavy atom. The van der Waals surface area contributed by atoms with Gasteiger partial charge < -0.3 is 19.9 Å². The van der Waals surface area contributed by atoms with E-state index in [1.165, 1.54) is 25.3 Å². The van der Waals surface area contributed by atoms with Crippen LogP contribution in [0, 0.1) is 10.1 Å². The second-order valence-electron chi connectivity index (χ2n) is 5.71. The average molecular weight is 340 g/mol. The number of ether oxygens (including phenoxy) is 2. The number of carbonyl (C=O) groups is 2. The third-order valence-electron chi connectivity index (χ3n) is 3.16.